The SMILES string of the molecule is O=[C]/C=C/C1CC(F)(F)C1(F)F. The molecule has 1 saturated carbocycles. The first kappa shape index (κ1) is 9.22. The van der Waals surface area contributed by atoms with E-state index in [1.165, 1.54) is 6.29 Å². The second kappa shape index (κ2) is 2.57. The minimum Gasteiger partial charge on any atom is -0.286 e. The van der Waals surface area contributed by atoms with Gasteiger partial charge in [-0.15, -0.1) is 0 Å². The van der Waals surface area contributed by atoms with Gasteiger partial charge in [-0.2, -0.15) is 17.6 Å². The van der Waals surface area contributed by atoms with Crippen molar-refractivity contribution in [1.82, 2.24) is 0 Å². The van der Waals surface area contributed by atoms with Crippen molar-refractivity contribution >= 4 is 6.29 Å². The molecule has 1 rings (SSSR count). The Hall–Kier alpha value is -0.870. The monoisotopic (exact) mass is 181 g/mol. The van der Waals surface area contributed by atoms with Gasteiger partial charge in [-0.1, -0.05) is 6.08 Å². The number of halogens is 4. The lowest BCUT2D eigenvalue weighted by Crippen LogP contribution is -2.57. The fourth-order valence-electron chi connectivity index (χ4n) is 1.02. The minimum atomic E-state index is -4.01. The number of rotatable bonds is 2. The van der Waals surface area contributed by atoms with Crippen LogP contribution in [0.3, 0.4) is 0 Å². The lowest BCUT2D eigenvalue weighted by Gasteiger charge is -2.42. The van der Waals surface area contributed by atoms with Gasteiger partial charge < -0.3 is 0 Å². The van der Waals surface area contributed by atoms with Crippen LogP contribution in [-0.4, -0.2) is 18.1 Å². The van der Waals surface area contributed by atoms with Crippen LogP contribution in [0.1, 0.15) is 6.42 Å². The van der Waals surface area contributed by atoms with E-state index < -0.39 is 24.2 Å². The summed E-state index contributed by atoms with van der Waals surface area (Å²) in [7, 11) is 0. The van der Waals surface area contributed by atoms with Gasteiger partial charge in [-0.25, -0.2) is 0 Å². The van der Waals surface area contributed by atoms with Crippen LogP contribution in [0, 0.1) is 5.92 Å². The molecule has 1 nitrogen and oxygen atoms in total. The molecule has 0 aromatic carbocycles. The molecule has 1 radical (unpaired) electrons. The molecule has 12 heavy (non-hydrogen) atoms. The summed E-state index contributed by atoms with van der Waals surface area (Å²) in [6, 6.07) is 0. The first-order valence-corrected chi connectivity index (χ1v) is 3.22. The molecule has 5 heteroatoms. The predicted molar refractivity (Wildman–Crippen MR) is 32.8 cm³/mol. The van der Waals surface area contributed by atoms with Gasteiger partial charge in [0, 0.05) is 6.42 Å². The number of alkyl halides is 4. The van der Waals surface area contributed by atoms with E-state index in [9.17, 15) is 22.4 Å². The Morgan fingerprint density at radius 3 is 2.25 bits per heavy atom. The predicted octanol–water partition coefficient (Wildman–Crippen LogP) is 1.94. The molecule has 0 aliphatic heterocycles. The maximum Gasteiger partial charge on any atom is 0.316 e. The van der Waals surface area contributed by atoms with Crippen molar-refractivity contribution < 1.29 is 22.4 Å². The zero-order valence-corrected chi connectivity index (χ0v) is 5.86. The van der Waals surface area contributed by atoms with Gasteiger partial charge in [0.25, 0.3) is 0 Å². The van der Waals surface area contributed by atoms with E-state index >= 15 is 0 Å². The van der Waals surface area contributed by atoms with E-state index in [2.05, 4.69) is 0 Å². The Labute approximate surface area is 66.1 Å². The summed E-state index contributed by atoms with van der Waals surface area (Å²) in [4.78, 5) is 9.58. The largest absolute Gasteiger partial charge is 0.316 e. The van der Waals surface area contributed by atoms with E-state index in [1.807, 2.05) is 0 Å². The molecule has 0 bridgehead atoms. The molecule has 1 unspecified atom stereocenters. The Balaban J connectivity index is 2.65. The van der Waals surface area contributed by atoms with Crippen molar-refractivity contribution in [2.45, 2.75) is 18.3 Å². The van der Waals surface area contributed by atoms with E-state index in [-0.39, 0.29) is 0 Å². The van der Waals surface area contributed by atoms with Crippen LogP contribution in [0.4, 0.5) is 17.6 Å². The maximum atomic E-state index is 12.4. The van der Waals surface area contributed by atoms with Crippen LogP contribution < -0.4 is 0 Å². The van der Waals surface area contributed by atoms with Crippen molar-refractivity contribution in [2.24, 2.45) is 5.92 Å². The van der Waals surface area contributed by atoms with Crippen molar-refractivity contribution in [3.63, 3.8) is 0 Å². The molecule has 0 aromatic rings. The highest BCUT2D eigenvalue weighted by atomic mass is 19.3. The van der Waals surface area contributed by atoms with Gasteiger partial charge in [0.15, 0.2) is 0 Å². The van der Waals surface area contributed by atoms with E-state index in [4.69, 9.17) is 0 Å². The topological polar surface area (TPSA) is 17.1 Å². The Morgan fingerprint density at radius 2 is 1.92 bits per heavy atom. The van der Waals surface area contributed by atoms with E-state index in [1.54, 1.807) is 0 Å². The summed E-state index contributed by atoms with van der Waals surface area (Å²) in [6.45, 7) is 0. The van der Waals surface area contributed by atoms with Crippen LogP contribution in [0.25, 0.3) is 0 Å². The van der Waals surface area contributed by atoms with Crippen LogP contribution in [0.5, 0.6) is 0 Å². The number of hydrogen-bond donors (Lipinski definition) is 0. The molecule has 0 saturated heterocycles. The third-order valence-electron chi connectivity index (χ3n) is 1.83. The molecular weight excluding hydrogens is 176 g/mol. The molecular formula is C7H5F4O. The molecule has 0 aromatic heterocycles. The lowest BCUT2D eigenvalue weighted by atomic mass is 9.76. The highest BCUT2D eigenvalue weighted by Gasteiger charge is 2.70. The first-order chi connectivity index (χ1) is 5.42. The van der Waals surface area contributed by atoms with Gasteiger partial charge in [-0.3, -0.25) is 4.79 Å². The third-order valence-corrected chi connectivity index (χ3v) is 1.83. The molecule has 0 heterocycles. The Kier molecular flexibility index (Phi) is 1.97. The Morgan fingerprint density at radius 1 is 1.33 bits per heavy atom. The second-order valence-corrected chi connectivity index (χ2v) is 2.62. The second-order valence-electron chi connectivity index (χ2n) is 2.62. The summed E-state index contributed by atoms with van der Waals surface area (Å²) in [5, 5.41) is 0. The lowest BCUT2D eigenvalue weighted by molar-refractivity contribution is -0.301. The number of hydrogen-bond acceptors (Lipinski definition) is 1. The quantitative estimate of drug-likeness (QED) is 0.470. The summed E-state index contributed by atoms with van der Waals surface area (Å²) >= 11 is 0. The van der Waals surface area contributed by atoms with Crippen LogP contribution in [-0.2, 0) is 4.79 Å². The summed E-state index contributed by atoms with van der Waals surface area (Å²) in [5.74, 6) is -9.47. The fraction of sp³-hybridized carbons (Fsp3) is 0.571. The summed E-state index contributed by atoms with van der Waals surface area (Å²) < 4.78 is 49.0. The standard InChI is InChI=1S/C7H5F4O/c8-6(9)4-5(2-1-3-12)7(6,10)11/h1-2,5H,4H2/b2-1+. The van der Waals surface area contributed by atoms with Crippen molar-refractivity contribution in [2.75, 3.05) is 0 Å². The van der Waals surface area contributed by atoms with Crippen LogP contribution >= 0.6 is 0 Å². The zero-order chi connectivity index (χ0) is 9.41. The fourth-order valence-corrected chi connectivity index (χ4v) is 1.02. The van der Waals surface area contributed by atoms with Gasteiger partial charge in [0.05, 0.1) is 5.92 Å². The highest BCUT2D eigenvalue weighted by molar-refractivity contribution is 5.65. The molecule has 1 atom stereocenters. The summed E-state index contributed by atoms with van der Waals surface area (Å²) in [5.41, 5.74) is 0. The summed E-state index contributed by atoms with van der Waals surface area (Å²) in [6.07, 6.45) is 1.76. The van der Waals surface area contributed by atoms with Crippen molar-refractivity contribution in [1.29, 1.82) is 0 Å². The normalized spacial score (nSPS) is 31.5. The van der Waals surface area contributed by atoms with E-state index in [0.29, 0.717) is 6.08 Å². The molecule has 0 amide bonds. The molecule has 1 fully saturated rings. The molecule has 1 aliphatic carbocycles. The van der Waals surface area contributed by atoms with Gasteiger partial charge in [0.1, 0.15) is 0 Å². The average Bonchev–Trinajstić information content (AvgIpc) is 1.97. The number of carbonyl (C=O) groups excluding carboxylic acids is 1. The average molecular weight is 181 g/mol. The van der Waals surface area contributed by atoms with Crippen molar-refractivity contribution in [3.05, 3.63) is 12.2 Å². The third kappa shape index (κ3) is 1.13. The van der Waals surface area contributed by atoms with E-state index in [0.717, 1.165) is 6.08 Å². The maximum absolute atomic E-state index is 12.4. The zero-order valence-electron chi connectivity index (χ0n) is 5.86. The smallest absolute Gasteiger partial charge is 0.286 e. The van der Waals surface area contributed by atoms with Crippen molar-refractivity contribution in [3.8, 4) is 0 Å². The molecule has 0 spiro atoms. The number of allylic oxidation sites excluding steroid dienone is 2. The van der Waals surface area contributed by atoms with Gasteiger partial charge in [0.2, 0.25) is 6.29 Å². The first-order valence-electron chi connectivity index (χ1n) is 3.22. The molecule has 67 valence electrons. The Bertz CT molecular complexity index is 221. The van der Waals surface area contributed by atoms with Gasteiger partial charge >= 0.3 is 11.8 Å². The van der Waals surface area contributed by atoms with Crippen LogP contribution in [0.15, 0.2) is 12.2 Å². The minimum absolute atomic E-state index is 0.688. The van der Waals surface area contributed by atoms with Crippen LogP contribution in [0.2, 0.25) is 0 Å². The highest BCUT2D eigenvalue weighted by Crippen LogP contribution is 2.55. The molecule has 0 N–H and O–H groups in total. The molecule has 1 aliphatic rings. The van der Waals surface area contributed by atoms with Gasteiger partial charge in [-0.05, 0) is 6.08 Å².